The fraction of sp³-hybridized carbons (Fsp3) is 0.350. The van der Waals surface area contributed by atoms with Gasteiger partial charge in [-0.25, -0.2) is 0 Å². The van der Waals surface area contributed by atoms with Crippen molar-refractivity contribution in [1.29, 1.82) is 0 Å². The van der Waals surface area contributed by atoms with Crippen molar-refractivity contribution in [2.24, 2.45) is 0 Å². The SMILES string of the molecule is O=C(CCc1nnc(-c2ccsc2)o1)N1CCN(Cc2ccccc2)CC1. The molecule has 3 aromatic rings. The molecule has 0 aliphatic carbocycles. The Morgan fingerprint density at radius 3 is 2.63 bits per heavy atom. The quantitative estimate of drug-likeness (QED) is 0.656. The Kier molecular flexibility index (Phi) is 5.60. The van der Waals surface area contributed by atoms with Crippen LogP contribution in [-0.4, -0.2) is 52.1 Å². The average molecular weight is 382 g/mol. The van der Waals surface area contributed by atoms with Crippen LogP contribution in [0.4, 0.5) is 0 Å². The van der Waals surface area contributed by atoms with Crippen molar-refractivity contribution >= 4 is 17.2 Å². The summed E-state index contributed by atoms with van der Waals surface area (Å²) in [5, 5.41) is 12.1. The summed E-state index contributed by atoms with van der Waals surface area (Å²) in [5.41, 5.74) is 2.25. The summed E-state index contributed by atoms with van der Waals surface area (Å²) in [6.45, 7) is 4.30. The van der Waals surface area contributed by atoms with E-state index >= 15 is 0 Å². The van der Waals surface area contributed by atoms with E-state index in [1.165, 1.54) is 5.56 Å². The van der Waals surface area contributed by atoms with Crippen molar-refractivity contribution < 1.29 is 9.21 Å². The minimum Gasteiger partial charge on any atom is -0.421 e. The molecule has 1 saturated heterocycles. The lowest BCUT2D eigenvalue weighted by Gasteiger charge is -2.34. The summed E-state index contributed by atoms with van der Waals surface area (Å²) < 4.78 is 5.65. The number of hydrogen-bond donors (Lipinski definition) is 0. The van der Waals surface area contributed by atoms with Gasteiger partial charge in [0, 0.05) is 56.5 Å². The predicted octanol–water partition coefficient (Wildman–Crippen LogP) is 3.08. The molecule has 7 heteroatoms. The first-order valence-corrected chi connectivity index (χ1v) is 10.1. The number of amides is 1. The minimum atomic E-state index is 0.157. The molecular formula is C20H22N4O2S. The van der Waals surface area contributed by atoms with Gasteiger partial charge in [-0.2, -0.15) is 11.3 Å². The molecule has 1 aromatic carbocycles. The largest absolute Gasteiger partial charge is 0.421 e. The van der Waals surface area contributed by atoms with Crippen LogP contribution in [0.3, 0.4) is 0 Å². The number of rotatable bonds is 6. The Morgan fingerprint density at radius 1 is 1.07 bits per heavy atom. The number of carbonyl (C=O) groups is 1. The maximum Gasteiger partial charge on any atom is 0.248 e. The Balaban J connectivity index is 1.23. The van der Waals surface area contributed by atoms with E-state index in [1.54, 1.807) is 11.3 Å². The number of aromatic nitrogens is 2. The van der Waals surface area contributed by atoms with Crippen LogP contribution in [0.2, 0.25) is 0 Å². The normalized spacial score (nSPS) is 15.2. The number of thiophene rings is 1. The summed E-state index contributed by atoms with van der Waals surface area (Å²) in [6, 6.07) is 12.4. The molecule has 1 fully saturated rings. The molecule has 1 aliphatic rings. The van der Waals surface area contributed by atoms with Crippen LogP contribution in [0.1, 0.15) is 17.9 Å². The van der Waals surface area contributed by atoms with Gasteiger partial charge in [-0.1, -0.05) is 30.3 Å². The van der Waals surface area contributed by atoms with Crippen molar-refractivity contribution in [2.45, 2.75) is 19.4 Å². The van der Waals surface area contributed by atoms with Crippen LogP contribution in [0.5, 0.6) is 0 Å². The number of carbonyl (C=O) groups excluding carboxylic acids is 1. The van der Waals surface area contributed by atoms with E-state index in [2.05, 4.69) is 39.4 Å². The first kappa shape index (κ1) is 17.9. The third kappa shape index (κ3) is 4.61. The Bertz CT molecular complexity index is 855. The van der Waals surface area contributed by atoms with E-state index < -0.39 is 0 Å². The number of nitrogens with zero attached hydrogens (tertiary/aromatic N) is 4. The highest BCUT2D eigenvalue weighted by Crippen LogP contribution is 2.21. The first-order valence-electron chi connectivity index (χ1n) is 9.17. The molecule has 0 saturated carbocycles. The van der Waals surface area contributed by atoms with Gasteiger partial charge in [0.25, 0.3) is 0 Å². The number of piperazine rings is 1. The summed E-state index contributed by atoms with van der Waals surface area (Å²) >= 11 is 1.59. The fourth-order valence-corrected chi connectivity index (χ4v) is 3.86. The zero-order chi connectivity index (χ0) is 18.5. The maximum absolute atomic E-state index is 12.5. The smallest absolute Gasteiger partial charge is 0.248 e. The third-order valence-electron chi connectivity index (χ3n) is 4.76. The second-order valence-electron chi connectivity index (χ2n) is 6.66. The van der Waals surface area contributed by atoms with Gasteiger partial charge in [0.1, 0.15) is 0 Å². The van der Waals surface area contributed by atoms with Gasteiger partial charge in [-0.05, 0) is 17.0 Å². The van der Waals surface area contributed by atoms with Gasteiger partial charge in [-0.15, -0.1) is 10.2 Å². The summed E-state index contributed by atoms with van der Waals surface area (Å²) in [6.07, 6.45) is 0.893. The van der Waals surface area contributed by atoms with E-state index in [9.17, 15) is 4.79 Å². The lowest BCUT2D eigenvalue weighted by atomic mass is 10.2. The molecule has 0 N–H and O–H groups in total. The topological polar surface area (TPSA) is 62.5 Å². The monoisotopic (exact) mass is 382 g/mol. The van der Waals surface area contributed by atoms with Crippen LogP contribution in [0.25, 0.3) is 11.5 Å². The molecule has 4 rings (SSSR count). The molecule has 2 aromatic heterocycles. The van der Waals surface area contributed by atoms with Crippen LogP contribution in [0.15, 0.2) is 51.6 Å². The molecule has 3 heterocycles. The molecule has 0 atom stereocenters. The Labute approximate surface area is 162 Å². The average Bonchev–Trinajstić information content (AvgIpc) is 3.39. The standard InChI is InChI=1S/C20H22N4O2S/c25-19(7-6-18-21-22-20(26-18)17-8-13-27-15-17)24-11-9-23(10-12-24)14-16-4-2-1-3-5-16/h1-5,8,13,15H,6-7,9-12,14H2. The van der Waals surface area contributed by atoms with Gasteiger partial charge in [0.2, 0.25) is 17.7 Å². The molecule has 0 radical (unpaired) electrons. The zero-order valence-corrected chi connectivity index (χ0v) is 15.9. The summed E-state index contributed by atoms with van der Waals surface area (Å²) in [4.78, 5) is 16.8. The van der Waals surface area contributed by atoms with Crippen LogP contribution in [-0.2, 0) is 17.8 Å². The highest BCUT2D eigenvalue weighted by molar-refractivity contribution is 7.08. The van der Waals surface area contributed by atoms with Crippen molar-refractivity contribution in [3.8, 4) is 11.5 Å². The molecule has 0 bridgehead atoms. The molecular weight excluding hydrogens is 360 g/mol. The second-order valence-corrected chi connectivity index (χ2v) is 7.44. The number of aryl methyl sites for hydroxylation is 1. The Morgan fingerprint density at radius 2 is 1.89 bits per heavy atom. The first-order chi connectivity index (χ1) is 13.3. The molecule has 1 amide bonds. The van der Waals surface area contributed by atoms with Gasteiger partial charge >= 0.3 is 0 Å². The van der Waals surface area contributed by atoms with E-state index in [1.807, 2.05) is 27.8 Å². The molecule has 0 spiro atoms. The lowest BCUT2D eigenvalue weighted by Crippen LogP contribution is -2.48. The molecule has 6 nitrogen and oxygen atoms in total. The third-order valence-corrected chi connectivity index (χ3v) is 5.44. The van der Waals surface area contributed by atoms with Crippen LogP contribution < -0.4 is 0 Å². The van der Waals surface area contributed by atoms with Crippen LogP contribution in [0, 0.1) is 0 Å². The van der Waals surface area contributed by atoms with Gasteiger partial charge in [-0.3, -0.25) is 9.69 Å². The summed E-state index contributed by atoms with van der Waals surface area (Å²) in [7, 11) is 0. The maximum atomic E-state index is 12.5. The van der Waals surface area contributed by atoms with Crippen molar-refractivity contribution in [2.75, 3.05) is 26.2 Å². The highest BCUT2D eigenvalue weighted by atomic mass is 32.1. The number of benzene rings is 1. The number of hydrogen-bond acceptors (Lipinski definition) is 6. The highest BCUT2D eigenvalue weighted by Gasteiger charge is 2.21. The predicted molar refractivity (Wildman–Crippen MR) is 104 cm³/mol. The van der Waals surface area contributed by atoms with Gasteiger partial charge < -0.3 is 9.32 Å². The summed E-state index contributed by atoms with van der Waals surface area (Å²) in [5.74, 6) is 1.20. The lowest BCUT2D eigenvalue weighted by molar-refractivity contribution is -0.133. The van der Waals surface area contributed by atoms with Crippen molar-refractivity contribution in [3.63, 3.8) is 0 Å². The minimum absolute atomic E-state index is 0.157. The van der Waals surface area contributed by atoms with E-state index in [0.29, 0.717) is 24.6 Å². The molecule has 140 valence electrons. The zero-order valence-electron chi connectivity index (χ0n) is 15.1. The van der Waals surface area contributed by atoms with E-state index in [4.69, 9.17) is 4.42 Å². The molecule has 27 heavy (non-hydrogen) atoms. The van der Waals surface area contributed by atoms with Crippen molar-refractivity contribution in [3.05, 3.63) is 58.6 Å². The molecule has 0 unspecified atom stereocenters. The van der Waals surface area contributed by atoms with E-state index in [0.717, 1.165) is 38.3 Å². The van der Waals surface area contributed by atoms with E-state index in [-0.39, 0.29) is 5.91 Å². The van der Waals surface area contributed by atoms with Crippen LogP contribution >= 0.6 is 11.3 Å². The van der Waals surface area contributed by atoms with Gasteiger partial charge in [0.15, 0.2) is 0 Å². The Hall–Kier alpha value is -2.51. The fourth-order valence-electron chi connectivity index (χ4n) is 3.23. The van der Waals surface area contributed by atoms with Gasteiger partial charge in [0.05, 0.1) is 0 Å². The second kappa shape index (κ2) is 8.45. The van der Waals surface area contributed by atoms with Crippen molar-refractivity contribution in [1.82, 2.24) is 20.0 Å². The molecule has 1 aliphatic heterocycles.